The molecule has 2 N–H and O–H groups in total. The molecule has 3 aromatic carbocycles. The maximum atomic E-state index is 13.4. The number of sulfonamides is 1. The van der Waals surface area contributed by atoms with Crippen LogP contribution >= 0.6 is 0 Å². The summed E-state index contributed by atoms with van der Waals surface area (Å²) in [5, 5.41) is 7.72. The number of nitrogens with one attached hydrogen (secondary N) is 2. The number of nitrogens with zero attached hydrogens (tertiary/aromatic N) is 2. The minimum atomic E-state index is -4.18. The van der Waals surface area contributed by atoms with Crippen LogP contribution in [0.5, 0.6) is 5.75 Å². The fourth-order valence-electron chi connectivity index (χ4n) is 2.70. The van der Waals surface area contributed by atoms with E-state index in [0.29, 0.717) is 0 Å². The second-order valence-electron chi connectivity index (χ2n) is 6.32. The van der Waals surface area contributed by atoms with Crippen molar-refractivity contribution in [1.82, 2.24) is 0 Å². The smallest absolute Gasteiger partial charge is 0.262 e. The molecule has 1 amide bonds. The van der Waals surface area contributed by atoms with Crippen molar-refractivity contribution in [2.24, 2.45) is 10.4 Å². The zero-order valence-corrected chi connectivity index (χ0v) is 17.2. The molecular weight excluding hydrogens is 443 g/mol. The lowest BCUT2D eigenvalue weighted by Gasteiger charge is -2.13. The van der Waals surface area contributed by atoms with Crippen molar-refractivity contribution in [3.8, 4) is 5.75 Å². The van der Waals surface area contributed by atoms with E-state index in [1.165, 1.54) is 49.6 Å². The molecule has 0 unspecified atom stereocenters. The molecule has 12 heteroatoms. The average molecular weight is 458 g/mol. The molecule has 0 fully saturated rings. The number of hydrogen-bond donors (Lipinski definition) is 2. The number of carbonyl (C=O) groups excluding carboxylic acids is 1. The van der Waals surface area contributed by atoms with E-state index in [2.05, 4.69) is 20.4 Å². The Bertz CT molecular complexity index is 1310. The third-order valence-electron chi connectivity index (χ3n) is 4.24. The van der Waals surface area contributed by atoms with E-state index in [1.54, 1.807) is 0 Å². The molecule has 0 aliphatic carbocycles. The van der Waals surface area contributed by atoms with Crippen molar-refractivity contribution in [2.75, 3.05) is 17.1 Å². The number of benzene rings is 3. The van der Waals surface area contributed by atoms with Gasteiger partial charge in [0.05, 0.1) is 17.7 Å². The molecule has 3 rings (SSSR count). The minimum absolute atomic E-state index is 0.0138. The van der Waals surface area contributed by atoms with Gasteiger partial charge in [-0.15, -0.1) is 9.81 Å². The van der Waals surface area contributed by atoms with Crippen LogP contribution in [0.2, 0.25) is 0 Å². The summed E-state index contributed by atoms with van der Waals surface area (Å²) in [7, 11) is -2.85. The van der Waals surface area contributed by atoms with Gasteiger partial charge in [-0.3, -0.25) is 9.52 Å². The van der Waals surface area contributed by atoms with Crippen LogP contribution in [0.25, 0.3) is 0 Å². The summed E-state index contributed by atoms with van der Waals surface area (Å²) in [5.41, 5.74) is -0.433. The Hall–Kier alpha value is -4.19. The van der Waals surface area contributed by atoms with Crippen molar-refractivity contribution >= 4 is 38.7 Å². The summed E-state index contributed by atoms with van der Waals surface area (Å²) in [5.74, 6) is -1.39. The summed E-state index contributed by atoms with van der Waals surface area (Å²) >= 11 is 0. The molecule has 164 valence electrons. The van der Waals surface area contributed by atoms with E-state index in [0.717, 1.165) is 18.2 Å². The molecule has 0 bridgehead atoms. The number of anilines is 2. The molecule has 0 aliphatic rings. The Morgan fingerprint density at radius 2 is 1.78 bits per heavy atom. The molecule has 0 saturated heterocycles. The molecule has 0 radical (unpaired) electrons. The molecule has 0 aliphatic heterocycles. The highest BCUT2D eigenvalue weighted by Gasteiger charge is 2.19. The minimum Gasteiger partial charge on any atom is -0.495 e. The molecule has 10 nitrogen and oxygen atoms in total. The summed E-state index contributed by atoms with van der Waals surface area (Å²) < 4.78 is 46.4. The maximum Gasteiger partial charge on any atom is 0.262 e. The molecule has 32 heavy (non-hydrogen) atoms. The lowest BCUT2D eigenvalue weighted by atomic mass is 10.2. The van der Waals surface area contributed by atoms with Crippen molar-refractivity contribution in [3.05, 3.63) is 81.9 Å². The van der Waals surface area contributed by atoms with Crippen LogP contribution in [-0.4, -0.2) is 21.4 Å². The zero-order chi connectivity index (χ0) is 23.3. The Morgan fingerprint density at radius 3 is 2.47 bits per heavy atom. The molecule has 0 heterocycles. The van der Waals surface area contributed by atoms with Crippen LogP contribution in [0.4, 0.5) is 27.1 Å². The highest BCUT2D eigenvalue weighted by molar-refractivity contribution is 7.92. The lowest BCUT2D eigenvalue weighted by Crippen LogP contribution is -2.16. The van der Waals surface area contributed by atoms with Crippen LogP contribution in [0, 0.1) is 15.6 Å². The SMILES string of the molecule is COc1ccc(N=O)cc1NS(=O)(=O)c1cccc(C(=O)Nc2ccc(F)c(N=O)c2)c1. The van der Waals surface area contributed by atoms with Crippen LogP contribution in [0.3, 0.4) is 0 Å². The first-order valence-corrected chi connectivity index (χ1v) is 10.3. The first-order valence-electron chi connectivity index (χ1n) is 8.86. The molecule has 0 spiro atoms. The van der Waals surface area contributed by atoms with E-state index in [4.69, 9.17) is 4.74 Å². The third kappa shape index (κ3) is 4.92. The van der Waals surface area contributed by atoms with Gasteiger partial charge in [0.15, 0.2) is 5.82 Å². The van der Waals surface area contributed by atoms with Gasteiger partial charge in [-0.05, 0) is 65.0 Å². The molecule has 0 atom stereocenters. The predicted octanol–water partition coefficient (Wildman–Crippen LogP) is 4.68. The van der Waals surface area contributed by atoms with Crippen molar-refractivity contribution < 1.29 is 22.3 Å². The maximum absolute atomic E-state index is 13.4. The Balaban J connectivity index is 1.87. The number of ether oxygens (including phenoxy) is 1. The highest BCUT2D eigenvalue weighted by atomic mass is 32.2. The molecular formula is C20H15FN4O6S. The zero-order valence-electron chi connectivity index (χ0n) is 16.4. The second kappa shape index (κ2) is 9.31. The average Bonchev–Trinajstić information content (AvgIpc) is 2.80. The van der Waals surface area contributed by atoms with Gasteiger partial charge in [0.2, 0.25) is 0 Å². The van der Waals surface area contributed by atoms with Gasteiger partial charge < -0.3 is 10.1 Å². The highest BCUT2D eigenvalue weighted by Crippen LogP contribution is 2.31. The summed E-state index contributed by atoms with van der Waals surface area (Å²) in [4.78, 5) is 33.7. The van der Waals surface area contributed by atoms with Crippen LogP contribution in [-0.2, 0) is 10.0 Å². The number of hydrogen-bond acceptors (Lipinski definition) is 8. The van der Waals surface area contributed by atoms with Gasteiger partial charge in [-0.1, -0.05) is 6.07 Å². The van der Waals surface area contributed by atoms with Gasteiger partial charge in [0.25, 0.3) is 15.9 Å². The van der Waals surface area contributed by atoms with Crippen LogP contribution < -0.4 is 14.8 Å². The van der Waals surface area contributed by atoms with Crippen molar-refractivity contribution in [1.29, 1.82) is 0 Å². The lowest BCUT2D eigenvalue weighted by molar-refractivity contribution is 0.102. The summed E-state index contributed by atoms with van der Waals surface area (Å²) in [6.07, 6.45) is 0. The van der Waals surface area contributed by atoms with E-state index in [-0.39, 0.29) is 33.3 Å². The van der Waals surface area contributed by atoms with Crippen LogP contribution in [0.15, 0.2) is 75.9 Å². The number of halogens is 1. The van der Waals surface area contributed by atoms with Gasteiger partial charge in [0.1, 0.15) is 17.1 Å². The number of nitroso groups, excluding NO2 is 2. The second-order valence-corrected chi connectivity index (χ2v) is 8.00. The Labute approximate surface area is 181 Å². The molecule has 3 aromatic rings. The quantitative estimate of drug-likeness (QED) is 0.469. The largest absolute Gasteiger partial charge is 0.495 e. The number of amides is 1. The van der Waals surface area contributed by atoms with Crippen molar-refractivity contribution in [3.63, 3.8) is 0 Å². The van der Waals surface area contributed by atoms with Gasteiger partial charge in [-0.2, -0.15) is 0 Å². The fraction of sp³-hybridized carbons (Fsp3) is 0.0500. The number of carbonyl (C=O) groups is 1. The van der Waals surface area contributed by atoms with E-state index >= 15 is 0 Å². The van der Waals surface area contributed by atoms with E-state index in [1.807, 2.05) is 0 Å². The van der Waals surface area contributed by atoms with Crippen LogP contribution in [0.1, 0.15) is 10.4 Å². The monoisotopic (exact) mass is 458 g/mol. The van der Waals surface area contributed by atoms with Gasteiger partial charge in [0, 0.05) is 11.3 Å². The summed E-state index contributed by atoms with van der Waals surface area (Å²) in [6, 6.07) is 12.3. The molecule has 0 aromatic heterocycles. The first-order chi connectivity index (χ1) is 15.3. The summed E-state index contributed by atoms with van der Waals surface area (Å²) in [6.45, 7) is 0. The number of rotatable bonds is 8. The van der Waals surface area contributed by atoms with E-state index in [9.17, 15) is 27.4 Å². The van der Waals surface area contributed by atoms with Gasteiger partial charge in [-0.25, -0.2) is 12.8 Å². The van der Waals surface area contributed by atoms with E-state index < -0.39 is 27.4 Å². The first kappa shape index (κ1) is 22.5. The fourth-order valence-corrected chi connectivity index (χ4v) is 3.81. The Kier molecular flexibility index (Phi) is 6.54. The topological polar surface area (TPSA) is 143 Å². The normalized spacial score (nSPS) is 10.8. The van der Waals surface area contributed by atoms with Crippen molar-refractivity contribution in [2.45, 2.75) is 4.90 Å². The predicted molar refractivity (Wildman–Crippen MR) is 116 cm³/mol. The Morgan fingerprint density at radius 1 is 1.00 bits per heavy atom. The third-order valence-corrected chi connectivity index (χ3v) is 5.60. The number of methoxy groups -OCH3 is 1. The van der Waals surface area contributed by atoms with Gasteiger partial charge >= 0.3 is 0 Å². The standard InChI is InChI=1S/C20H15FN4O6S/c1-31-19-8-6-14(23-27)11-18(19)25-32(29,30)15-4-2-3-12(9-15)20(26)22-13-5-7-16(21)17(10-13)24-28/h2-11,25H,1H3,(H,22,26). The molecule has 0 saturated carbocycles.